The summed E-state index contributed by atoms with van der Waals surface area (Å²) in [5, 5.41) is 12.2. The molecule has 2 rings (SSSR count). The third-order valence-electron chi connectivity index (χ3n) is 3.04. The molecule has 98 valence electrons. The number of hydrogen-bond donors (Lipinski definition) is 2. The molecule has 1 aliphatic rings. The van der Waals surface area contributed by atoms with Crippen molar-refractivity contribution in [2.45, 2.75) is 32.3 Å². The summed E-state index contributed by atoms with van der Waals surface area (Å²) in [7, 11) is 0. The first-order chi connectivity index (χ1) is 8.66. The smallest absolute Gasteiger partial charge is 0.339 e. The van der Waals surface area contributed by atoms with Crippen LogP contribution in [0.1, 0.15) is 35.3 Å². The highest BCUT2D eigenvalue weighted by Crippen LogP contribution is 2.16. The van der Waals surface area contributed by atoms with E-state index in [0.717, 1.165) is 25.1 Å². The van der Waals surface area contributed by atoms with Crippen LogP contribution in [0.25, 0.3) is 0 Å². The summed E-state index contributed by atoms with van der Waals surface area (Å²) in [4.78, 5) is 15.3. The molecule has 0 radical (unpaired) electrons. The Morgan fingerprint density at radius 2 is 2.39 bits per heavy atom. The molecule has 2 N–H and O–H groups in total. The van der Waals surface area contributed by atoms with E-state index in [4.69, 9.17) is 9.84 Å². The van der Waals surface area contributed by atoms with E-state index in [2.05, 4.69) is 10.3 Å². The van der Waals surface area contributed by atoms with E-state index >= 15 is 0 Å². The molecule has 1 aromatic heterocycles. The van der Waals surface area contributed by atoms with Gasteiger partial charge in [-0.05, 0) is 38.3 Å². The number of carboxylic acid groups (broad SMARTS) is 1. The zero-order valence-corrected chi connectivity index (χ0v) is 10.5. The molecule has 0 amide bonds. The number of carboxylic acids is 1. The Bertz CT molecular complexity index is 428. The summed E-state index contributed by atoms with van der Waals surface area (Å²) in [5.41, 5.74) is 1.00. The number of anilines is 1. The second-order valence-corrected chi connectivity index (χ2v) is 4.52. The molecule has 5 heteroatoms. The van der Waals surface area contributed by atoms with Gasteiger partial charge in [0, 0.05) is 18.8 Å². The van der Waals surface area contributed by atoms with E-state index in [9.17, 15) is 4.79 Å². The molecule has 18 heavy (non-hydrogen) atoms. The molecule has 5 nitrogen and oxygen atoms in total. The first-order valence-electron chi connectivity index (χ1n) is 6.23. The third kappa shape index (κ3) is 3.20. The Balaban J connectivity index is 2.03. The summed E-state index contributed by atoms with van der Waals surface area (Å²) in [6, 6.07) is 3.28. The van der Waals surface area contributed by atoms with E-state index in [0.29, 0.717) is 12.4 Å². The zero-order chi connectivity index (χ0) is 13.0. The maximum atomic E-state index is 11.1. The van der Waals surface area contributed by atoms with Crippen molar-refractivity contribution in [2.24, 2.45) is 0 Å². The molecular formula is C13H18N2O3. The Hall–Kier alpha value is -1.62. The van der Waals surface area contributed by atoms with Crippen LogP contribution in [-0.4, -0.2) is 35.3 Å². The van der Waals surface area contributed by atoms with Gasteiger partial charge in [-0.15, -0.1) is 0 Å². The summed E-state index contributed by atoms with van der Waals surface area (Å²) >= 11 is 0. The fraction of sp³-hybridized carbons (Fsp3) is 0.538. The van der Waals surface area contributed by atoms with Gasteiger partial charge in [0.25, 0.3) is 0 Å². The van der Waals surface area contributed by atoms with Gasteiger partial charge in [0.05, 0.1) is 6.10 Å². The molecule has 1 aromatic rings. The fourth-order valence-corrected chi connectivity index (χ4v) is 2.04. The Morgan fingerprint density at radius 1 is 1.56 bits per heavy atom. The lowest BCUT2D eigenvalue weighted by molar-refractivity contribution is 0.0247. The summed E-state index contributed by atoms with van der Waals surface area (Å²) in [5.74, 6) is -0.536. The van der Waals surface area contributed by atoms with Crippen LogP contribution in [-0.2, 0) is 4.74 Å². The molecule has 1 aliphatic heterocycles. The van der Waals surface area contributed by atoms with Crippen molar-refractivity contribution in [3.8, 4) is 0 Å². The lowest BCUT2D eigenvalue weighted by Crippen LogP contribution is -2.27. The predicted molar refractivity (Wildman–Crippen MR) is 68.0 cm³/mol. The number of hydrogen-bond acceptors (Lipinski definition) is 4. The summed E-state index contributed by atoms with van der Waals surface area (Å²) < 4.78 is 5.59. The number of aryl methyl sites for hydroxylation is 1. The van der Waals surface area contributed by atoms with Gasteiger partial charge in [-0.3, -0.25) is 0 Å². The number of carbonyl (C=O) groups is 1. The van der Waals surface area contributed by atoms with Crippen molar-refractivity contribution in [3.63, 3.8) is 0 Å². The number of aromatic nitrogens is 1. The van der Waals surface area contributed by atoms with E-state index in [-0.39, 0.29) is 11.7 Å². The highest BCUT2D eigenvalue weighted by atomic mass is 16.5. The van der Waals surface area contributed by atoms with Crippen LogP contribution in [0.15, 0.2) is 12.1 Å². The van der Waals surface area contributed by atoms with Crippen LogP contribution in [0.3, 0.4) is 0 Å². The van der Waals surface area contributed by atoms with Gasteiger partial charge in [0.2, 0.25) is 0 Å². The lowest BCUT2D eigenvalue weighted by Gasteiger charge is -2.23. The Kier molecular flexibility index (Phi) is 4.15. The van der Waals surface area contributed by atoms with Crippen molar-refractivity contribution < 1.29 is 14.6 Å². The van der Waals surface area contributed by atoms with Crippen molar-refractivity contribution in [1.29, 1.82) is 0 Å². The first kappa shape index (κ1) is 12.8. The van der Waals surface area contributed by atoms with Gasteiger partial charge >= 0.3 is 5.97 Å². The van der Waals surface area contributed by atoms with E-state index in [1.54, 1.807) is 12.1 Å². The standard InChI is InChI=1S/C13H18N2O3/c1-9-5-6-11(13(16)17)12(15-9)14-8-10-4-2-3-7-18-10/h5-6,10H,2-4,7-8H2,1H3,(H,14,15)(H,16,17). The molecule has 1 atom stereocenters. The Morgan fingerprint density at radius 3 is 3.06 bits per heavy atom. The molecule has 0 aliphatic carbocycles. The van der Waals surface area contributed by atoms with Crippen LogP contribution < -0.4 is 5.32 Å². The summed E-state index contributed by atoms with van der Waals surface area (Å²) in [6.45, 7) is 3.24. The molecule has 1 saturated heterocycles. The lowest BCUT2D eigenvalue weighted by atomic mass is 10.1. The number of rotatable bonds is 4. The molecule has 0 spiro atoms. The van der Waals surface area contributed by atoms with Gasteiger partial charge in [0.15, 0.2) is 0 Å². The van der Waals surface area contributed by atoms with Crippen LogP contribution in [0.4, 0.5) is 5.82 Å². The topological polar surface area (TPSA) is 71.5 Å². The SMILES string of the molecule is Cc1ccc(C(=O)O)c(NCC2CCCCO2)n1. The highest BCUT2D eigenvalue weighted by molar-refractivity contribution is 5.93. The minimum Gasteiger partial charge on any atom is -0.478 e. The zero-order valence-electron chi connectivity index (χ0n) is 10.5. The molecule has 2 heterocycles. The van der Waals surface area contributed by atoms with Crippen molar-refractivity contribution in [1.82, 2.24) is 4.98 Å². The molecular weight excluding hydrogens is 232 g/mol. The van der Waals surface area contributed by atoms with Gasteiger partial charge in [0.1, 0.15) is 11.4 Å². The maximum Gasteiger partial charge on any atom is 0.339 e. The van der Waals surface area contributed by atoms with Crippen LogP contribution in [0.2, 0.25) is 0 Å². The quantitative estimate of drug-likeness (QED) is 0.856. The number of nitrogens with one attached hydrogen (secondary N) is 1. The number of pyridine rings is 1. The average Bonchev–Trinajstić information content (AvgIpc) is 2.37. The molecule has 0 saturated carbocycles. The van der Waals surface area contributed by atoms with Gasteiger partial charge in [-0.2, -0.15) is 0 Å². The van der Waals surface area contributed by atoms with Crippen LogP contribution in [0, 0.1) is 6.92 Å². The monoisotopic (exact) mass is 250 g/mol. The highest BCUT2D eigenvalue weighted by Gasteiger charge is 2.16. The third-order valence-corrected chi connectivity index (χ3v) is 3.04. The predicted octanol–water partition coefficient (Wildman–Crippen LogP) is 2.07. The molecule has 0 aromatic carbocycles. The van der Waals surface area contributed by atoms with Gasteiger partial charge in [-0.1, -0.05) is 0 Å². The van der Waals surface area contributed by atoms with E-state index in [1.807, 2.05) is 6.92 Å². The molecule has 0 bridgehead atoms. The normalized spacial score (nSPS) is 19.5. The van der Waals surface area contributed by atoms with E-state index < -0.39 is 5.97 Å². The van der Waals surface area contributed by atoms with Crippen LogP contribution in [0.5, 0.6) is 0 Å². The number of aromatic carboxylic acids is 1. The Labute approximate surface area is 106 Å². The van der Waals surface area contributed by atoms with Crippen molar-refractivity contribution in [2.75, 3.05) is 18.5 Å². The molecule has 1 fully saturated rings. The van der Waals surface area contributed by atoms with Crippen molar-refractivity contribution >= 4 is 11.8 Å². The maximum absolute atomic E-state index is 11.1. The minimum atomic E-state index is -0.963. The average molecular weight is 250 g/mol. The molecule has 1 unspecified atom stereocenters. The van der Waals surface area contributed by atoms with Gasteiger partial charge < -0.3 is 15.2 Å². The first-order valence-corrected chi connectivity index (χ1v) is 6.23. The second-order valence-electron chi connectivity index (χ2n) is 4.52. The fourth-order valence-electron chi connectivity index (χ4n) is 2.04. The number of nitrogens with zero attached hydrogens (tertiary/aromatic N) is 1. The second kappa shape index (κ2) is 5.82. The minimum absolute atomic E-state index is 0.155. The number of ether oxygens (including phenoxy) is 1. The van der Waals surface area contributed by atoms with Gasteiger partial charge in [-0.25, -0.2) is 9.78 Å². The largest absolute Gasteiger partial charge is 0.478 e. The van der Waals surface area contributed by atoms with Crippen LogP contribution >= 0.6 is 0 Å². The van der Waals surface area contributed by atoms with E-state index in [1.165, 1.54) is 6.42 Å². The summed E-state index contributed by atoms with van der Waals surface area (Å²) in [6.07, 6.45) is 3.45. The van der Waals surface area contributed by atoms with Crippen molar-refractivity contribution in [3.05, 3.63) is 23.4 Å².